The Bertz CT molecular complexity index is 461. The lowest BCUT2D eigenvalue weighted by Crippen LogP contribution is -2.52. The van der Waals surface area contributed by atoms with Crippen LogP contribution in [0.5, 0.6) is 11.5 Å². The molecule has 0 aliphatic carbocycles. The Morgan fingerprint density at radius 1 is 1.25 bits per heavy atom. The zero-order chi connectivity index (χ0) is 14.8. The largest absolute Gasteiger partial charge is 0.493 e. The molecule has 4 nitrogen and oxygen atoms in total. The number of hydrogen-bond donors (Lipinski definition) is 1. The second-order valence-corrected chi connectivity index (χ2v) is 5.82. The lowest BCUT2D eigenvalue weighted by molar-refractivity contribution is -0.132. The number of rotatable bonds is 4. The maximum atomic E-state index is 6.34. The fourth-order valence-corrected chi connectivity index (χ4v) is 2.44. The molecule has 1 fully saturated rings. The Kier molecular flexibility index (Phi) is 4.55. The van der Waals surface area contributed by atoms with Crippen molar-refractivity contribution in [3.63, 3.8) is 0 Å². The van der Waals surface area contributed by atoms with Crippen LogP contribution in [0.4, 0.5) is 0 Å². The van der Waals surface area contributed by atoms with Crippen molar-refractivity contribution in [1.82, 2.24) is 5.32 Å². The lowest BCUT2D eigenvalue weighted by Gasteiger charge is -2.42. The van der Waals surface area contributed by atoms with Crippen LogP contribution in [0.3, 0.4) is 0 Å². The van der Waals surface area contributed by atoms with Crippen molar-refractivity contribution < 1.29 is 14.2 Å². The van der Waals surface area contributed by atoms with Crippen LogP contribution in [-0.2, 0) is 4.74 Å². The molecule has 0 aromatic heterocycles. The maximum absolute atomic E-state index is 6.34. The minimum absolute atomic E-state index is 0.0379. The van der Waals surface area contributed by atoms with Crippen LogP contribution in [0.15, 0.2) is 18.2 Å². The van der Waals surface area contributed by atoms with Gasteiger partial charge in [-0.15, -0.1) is 0 Å². The smallest absolute Gasteiger partial charge is 0.161 e. The Labute approximate surface area is 121 Å². The Morgan fingerprint density at radius 2 is 1.95 bits per heavy atom. The van der Waals surface area contributed by atoms with Gasteiger partial charge in [-0.2, -0.15) is 0 Å². The Balaban J connectivity index is 2.23. The summed E-state index contributed by atoms with van der Waals surface area (Å²) in [5, 5.41) is 3.47. The van der Waals surface area contributed by atoms with Gasteiger partial charge in [0, 0.05) is 13.1 Å². The van der Waals surface area contributed by atoms with E-state index in [4.69, 9.17) is 14.2 Å². The molecule has 1 heterocycles. The van der Waals surface area contributed by atoms with E-state index in [0.29, 0.717) is 5.92 Å². The first-order chi connectivity index (χ1) is 9.50. The number of methoxy groups -OCH3 is 2. The van der Waals surface area contributed by atoms with E-state index in [0.717, 1.165) is 30.2 Å². The molecule has 0 bridgehead atoms. The van der Waals surface area contributed by atoms with Crippen LogP contribution >= 0.6 is 0 Å². The van der Waals surface area contributed by atoms with Crippen molar-refractivity contribution in [2.24, 2.45) is 5.92 Å². The minimum Gasteiger partial charge on any atom is -0.493 e. The Morgan fingerprint density at radius 3 is 2.55 bits per heavy atom. The van der Waals surface area contributed by atoms with Gasteiger partial charge in [0.15, 0.2) is 11.5 Å². The number of morpholine rings is 1. The predicted molar refractivity (Wildman–Crippen MR) is 79.5 cm³/mol. The highest BCUT2D eigenvalue weighted by Crippen LogP contribution is 2.35. The summed E-state index contributed by atoms with van der Waals surface area (Å²) in [6, 6.07) is 5.97. The van der Waals surface area contributed by atoms with E-state index in [9.17, 15) is 0 Å². The van der Waals surface area contributed by atoms with Crippen LogP contribution in [-0.4, -0.2) is 32.9 Å². The molecule has 0 spiro atoms. The van der Waals surface area contributed by atoms with E-state index in [2.05, 4.69) is 26.1 Å². The van der Waals surface area contributed by atoms with Crippen molar-refractivity contribution in [2.45, 2.75) is 32.5 Å². The van der Waals surface area contributed by atoms with Gasteiger partial charge in [-0.3, -0.25) is 0 Å². The highest BCUT2D eigenvalue weighted by molar-refractivity contribution is 5.43. The molecule has 0 saturated carbocycles. The second-order valence-electron chi connectivity index (χ2n) is 5.82. The van der Waals surface area contributed by atoms with Gasteiger partial charge in [-0.25, -0.2) is 0 Å². The van der Waals surface area contributed by atoms with Crippen molar-refractivity contribution in [2.75, 3.05) is 27.3 Å². The van der Waals surface area contributed by atoms with Gasteiger partial charge < -0.3 is 19.5 Å². The molecular weight excluding hydrogens is 254 g/mol. The monoisotopic (exact) mass is 279 g/mol. The fraction of sp³-hybridized carbons (Fsp3) is 0.625. The van der Waals surface area contributed by atoms with Crippen LogP contribution in [0, 0.1) is 5.92 Å². The number of hydrogen-bond acceptors (Lipinski definition) is 4. The quantitative estimate of drug-likeness (QED) is 0.920. The van der Waals surface area contributed by atoms with Crippen LogP contribution < -0.4 is 14.8 Å². The molecule has 2 atom stereocenters. The number of ether oxygens (including phenoxy) is 3. The average molecular weight is 279 g/mol. The highest BCUT2D eigenvalue weighted by atomic mass is 16.5. The van der Waals surface area contributed by atoms with Gasteiger partial charge in [0.25, 0.3) is 0 Å². The van der Waals surface area contributed by atoms with Gasteiger partial charge in [-0.05, 0) is 30.5 Å². The Hall–Kier alpha value is -1.26. The molecule has 1 aliphatic heterocycles. The zero-order valence-electron chi connectivity index (χ0n) is 13.0. The van der Waals surface area contributed by atoms with Gasteiger partial charge >= 0.3 is 0 Å². The summed E-state index contributed by atoms with van der Waals surface area (Å²) in [6.45, 7) is 8.25. The average Bonchev–Trinajstić information content (AvgIpc) is 2.46. The molecule has 1 aliphatic rings. The molecule has 4 heteroatoms. The third-order valence-electron chi connectivity index (χ3n) is 4.22. The van der Waals surface area contributed by atoms with Crippen LogP contribution in [0.2, 0.25) is 0 Å². The lowest BCUT2D eigenvalue weighted by atomic mass is 9.89. The molecule has 20 heavy (non-hydrogen) atoms. The topological polar surface area (TPSA) is 39.7 Å². The number of benzene rings is 1. The molecular formula is C16H25NO3. The summed E-state index contributed by atoms with van der Waals surface area (Å²) in [7, 11) is 3.30. The van der Waals surface area contributed by atoms with E-state index < -0.39 is 0 Å². The van der Waals surface area contributed by atoms with Gasteiger partial charge in [0.1, 0.15) is 0 Å². The molecule has 2 unspecified atom stereocenters. The second kappa shape index (κ2) is 6.02. The van der Waals surface area contributed by atoms with Gasteiger partial charge in [0.2, 0.25) is 0 Å². The zero-order valence-corrected chi connectivity index (χ0v) is 13.0. The molecule has 1 N–H and O–H groups in total. The normalized spacial score (nSPS) is 26.6. The summed E-state index contributed by atoms with van der Waals surface area (Å²) >= 11 is 0. The summed E-state index contributed by atoms with van der Waals surface area (Å²) in [4.78, 5) is 0. The van der Waals surface area contributed by atoms with E-state index in [1.54, 1.807) is 14.2 Å². The minimum atomic E-state index is -0.143. The van der Waals surface area contributed by atoms with Crippen LogP contribution in [0.25, 0.3) is 0 Å². The first-order valence-corrected chi connectivity index (χ1v) is 7.10. The summed E-state index contributed by atoms with van der Waals surface area (Å²) in [5.41, 5.74) is 0.970. The molecule has 1 saturated heterocycles. The molecule has 112 valence electrons. The standard InChI is InChI=1S/C16H25NO3/c1-11(2)16(3)10-17-9-15(20-16)12-6-7-13(18-4)14(8-12)19-5/h6-8,11,15,17H,9-10H2,1-5H3. The van der Waals surface area contributed by atoms with E-state index in [1.807, 2.05) is 18.2 Å². The van der Waals surface area contributed by atoms with Gasteiger partial charge in [0.05, 0.1) is 25.9 Å². The van der Waals surface area contributed by atoms with Crippen LogP contribution in [0.1, 0.15) is 32.4 Å². The molecule has 2 rings (SSSR count). The molecule has 0 radical (unpaired) electrons. The third-order valence-corrected chi connectivity index (χ3v) is 4.22. The molecule has 1 aromatic carbocycles. The summed E-state index contributed by atoms with van der Waals surface area (Å²) in [6.07, 6.45) is 0.0379. The van der Waals surface area contributed by atoms with Crippen molar-refractivity contribution in [1.29, 1.82) is 0 Å². The highest BCUT2D eigenvalue weighted by Gasteiger charge is 2.36. The van der Waals surface area contributed by atoms with E-state index in [-0.39, 0.29) is 11.7 Å². The van der Waals surface area contributed by atoms with Crippen molar-refractivity contribution >= 4 is 0 Å². The predicted octanol–water partition coefficient (Wildman–Crippen LogP) is 2.78. The van der Waals surface area contributed by atoms with E-state index in [1.165, 1.54) is 0 Å². The number of nitrogens with one attached hydrogen (secondary N) is 1. The fourth-order valence-electron chi connectivity index (χ4n) is 2.44. The maximum Gasteiger partial charge on any atom is 0.161 e. The summed E-state index contributed by atoms with van der Waals surface area (Å²) in [5.74, 6) is 1.94. The van der Waals surface area contributed by atoms with E-state index >= 15 is 0 Å². The summed E-state index contributed by atoms with van der Waals surface area (Å²) < 4.78 is 17.0. The molecule has 0 amide bonds. The first-order valence-electron chi connectivity index (χ1n) is 7.10. The van der Waals surface area contributed by atoms with Crippen molar-refractivity contribution in [3.8, 4) is 11.5 Å². The van der Waals surface area contributed by atoms with Crippen molar-refractivity contribution in [3.05, 3.63) is 23.8 Å². The third kappa shape index (κ3) is 2.91. The molecule has 1 aromatic rings. The first kappa shape index (κ1) is 15.1. The van der Waals surface area contributed by atoms with Gasteiger partial charge in [-0.1, -0.05) is 19.9 Å². The SMILES string of the molecule is COc1ccc(C2CNCC(C)(C(C)C)O2)cc1OC.